The largest absolute Gasteiger partial charge is 0.368 e. The first kappa shape index (κ1) is 11.8. The second kappa shape index (κ2) is 6.13. The van der Waals surface area contributed by atoms with Gasteiger partial charge in [0.15, 0.2) is 0 Å². The number of alkyl halides is 1. The first-order valence-corrected chi connectivity index (χ1v) is 2.75. The van der Waals surface area contributed by atoms with E-state index < -0.39 is 11.3 Å². The smallest absolute Gasteiger partial charge is 0.235 e. The Morgan fingerprint density at radius 2 is 2.11 bits per heavy atom. The highest BCUT2D eigenvalue weighted by molar-refractivity contribution is 6.30. The van der Waals surface area contributed by atoms with E-state index in [1.807, 2.05) is 0 Å². The van der Waals surface area contributed by atoms with E-state index in [0.29, 0.717) is 13.0 Å². The third-order valence-electron chi connectivity index (χ3n) is 0.729. The number of nitrogens with two attached hydrogens (primary N) is 2. The van der Waals surface area contributed by atoms with Crippen LogP contribution in [0.4, 0.5) is 0 Å². The molecule has 0 aromatic carbocycles. The summed E-state index contributed by atoms with van der Waals surface area (Å²) >= 11 is 5.36. The summed E-state index contributed by atoms with van der Waals surface area (Å²) in [5, 5.41) is -0.597. The summed E-state index contributed by atoms with van der Waals surface area (Å²) in [6.07, 6.45) is 0.455. The number of carbonyl (C=O) groups excluding carboxylic acids is 1. The van der Waals surface area contributed by atoms with Crippen LogP contribution in [-0.4, -0.2) is 17.8 Å². The average molecular weight is 173 g/mol. The highest BCUT2D eigenvalue weighted by Crippen LogP contribution is 1.97. The Labute approximate surface area is 65.1 Å². The Balaban J connectivity index is 0. The van der Waals surface area contributed by atoms with E-state index in [1.54, 1.807) is 0 Å². The zero-order chi connectivity index (χ0) is 6.57. The van der Waals surface area contributed by atoms with Crippen LogP contribution in [0, 0.1) is 0 Å². The van der Waals surface area contributed by atoms with Crippen molar-refractivity contribution in [2.75, 3.05) is 6.54 Å². The van der Waals surface area contributed by atoms with Gasteiger partial charge in [-0.15, -0.1) is 24.0 Å². The number of carbonyl (C=O) groups is 1. The van der Waals surface area contributed by atoms with Crippen molar-refractivity contribution in [2.45, 2.75) is 11.8 Å². The van der Waals surface area contributed by atoms with Gasteiger partial charge in [-0.3, -0.25) is 4.79 Å². The molecule has 0 saturated heterocycles. The van der Waals surface area contributed by atoms with Crippen molar-refractivity contribution in [3.63, 3.8) is 0 Å². The molecule has 0 heterocycles. The van der Waals surface area contributed by atoms with E-state index in [0.717, 1.165) is 0 Å². The van der Waals surface area contributed by atoms with E-state index >= 15 is 0 Å². The molecule has 0 aromatic rings. The van der Waals surface area contributed by atoms with Crippen LogP contribution in [-0.2, 0) is 4.79 Å². The molecule has 0 spiro atoms. The van der Waals surface area contributed by atoms with Crippen molar-refractivity contribution in [1.29, 1.82) is 0 Å². The summed E-state index contributed by atoms with van der Waals surface area (Å²) < 4.78 is 0. The zero-order valence-corrected chi connectivity index (χ0v) is 6.41. The number of hydrogen-bond acceptors (Lipinski definition) is 2. The second-order valence-electron chi connectivity index (χ2n) is 1.45. The topological polar surface area (TPSA) is 69.1 Å². The third-order valence-corrected chi connectivity index (χ3v) is 1.16. The molecule has 4 N–H and O–H groups in total. The molecule has 56 valence electrons. The second-order valence-corrected chi connectivity index (χ2v) is 1.97. The Kier molecular flexibility index (Phi) is 8.02. The molecule has 5 heteroatoms. The maximum Gasteiger partial charge on any atom is 0.235 e. The fourth-order valence-corrected chi connectivity index (χ4v) is 0.415. The predicted octanol–water partition coefficient (Wildman–Crippen LogP) is -0.150. The third kappa shape index (κ3) is 5.89. The molecular formula is C4H10Cl2N2O. The normalized spacial score (nSPS) is 11.8. The fourth-order valence-electron chi connectivity index (χ4n) is 0.289. The van der Waals surface area contributed by atoms with Gasteiger partial charge < -0.3 is 11.5 Å². The Bertz CT molecular complexity index is 88.6. The van der Waals surface area contributed by atoms with E-state index in [-0.39, 0.29) is 12.4 Å². The lowest BCUT2D eigenvalue weighted by Crippen LogP contribution is -2.25. The van der Waals surface area contributed by atoms with Gasteiger partial charge in [0.05, 0.1) is 0 Å². The molecule has 1 unspecified atom stereocenters. The van der Waals surface area contributed by atoms with Gasteiger partial charge in [-0.25, -0.2) is 0 Å². The SMILES string of the molecule is Cl.NCCC(Cl)C(N)=O. The molecule has 0 rings (SSSR count). The quantitative estimate of drug-likeness (QED) is 0.582. The summed E-state index contributed by atoms with van der Waals surface area (Å²) in [5.41, 5.74) is 9.87. The molecule has 0 aliphatic rings. The van der Waals surface area contributed by atoms with Gasteiger partial charge in [-0.1, -0.05) is 0 Å². The van der Waals surface area contributed by atoms with Crippen molar-refractivity contribution < 1.29 is 4.79 Å². The Hall–Kier alpha value is 0.01000. The van der Waals surface area contributed by atoms with Crippen molar-refractivity contribution >= 4 is 29.9 Å². The van der Waals surface area contributed by atoms with Crippen LogP contribution < -0.4 is 11.5 Å². The molecular weight excluding hydrogens is 163 g/mol. The van der Waals surface area contributed by atoms with Crippen molar-refractivity contribution in [2.24, 2.45) is 11.5 Å². The van der Waals surface area contributed by atoms with Gasteiger partial charge in [-0.05, 0) is 13.0 Å². The predicted molar refractivity (Wildman–Crippen MR) is 39.8 cm³/mol. The lowest BCUT2D eigenvalue weighted by molar-refractivity contribution is -0.117. The summed E-state index contributed by atoms with van der Waals surface area (Å²) in [6, 6.07) is 0. The van der Waals surface area contributed by atoms with E-state index in [1.165, 1.54) is 0 Å². The molecule has 0 saturated carbocycles. The number of amides is 1. The van der Waals surface area contributed by atoms with E-state index in [9.17, 15) is 4.79 Å². The van der Waals surface area contributed by atoms with E-state index in [2.05, 4.69) is 0 Å². The lowest BCUT2D eigenvalue weighted by Gasteiger charge is -1.99. The van der Waals surface area contributed by atoms with Gasteiger partial charge >= 0.3 is 0 Å². The lowest BCUT2D eigenvalue weighted by atomic mass is 10.3. The molecule has 0 fully saturated rings. The van der Waals surface area contributed by atoms with Gasteiger partial charge in [0.1, 0.15) is 5.38 Å². The van der Waals surface area contributed by atoms with Crippen LogP contribution in [0.3, 0.4) is 0 Å². The maximum absolute atomic E-state index is 10.1. The zero-order valence-electron chi connectivity index (χ0n) is 4.84. The molecule has 0 aromatic heterocycles. The summed E-state index contributed by atoms with van der Waals surface area (Å²) in [7, 11) is 0. The van der Waals surface area contributed by atoms with Crippen molar-refractivity contribution in [1.82, 2.24) is 0 Å². The van der Waals surface area contributed by atoms with Crippen LogP contribution >= 0.6 is 24.0 Å². The van der Waals surface area contributed by atoms with E-state index in [4.69, 9.17) is 23.1 Å². The minimum atomic E-state index is -0.597. The average Bonchev–Trinajstić information content (AvgIpc) is 1.67. The number of rotatable bonds is 3. The van der Waals surface area contributed by atoms with Crippen LogP contribution in [0.2, 0.25) is 0 Å². The minimum absolute atomic E-state index is 0. The maximum atomic E-state index is 10.1. The molecule has 3 nitrogen and oxygen atoms in total. The highest BCUT2D eigenvalue weighted by atomic mass is 35.5. The molecule has 9 heavy (non-hydrogen) atoms. The van der Waals surface area contributed by atoms with Gasteiger partial charge in [0.25, 0.3) is 0 Å². The standard InChI is InChI=1S/C4H9ClN2O.ClH/c5-3(1-2-6)4(7)8;/h3H,1-2,6H2,(H2,7,8);1H. The van der Waals surface area contributed by atoms with Crippen molar-refractivity contribution in [3.8, 4) is 0 Å². The number of hydrogen-bond donors (Lipinski definition) is 2. The molecule has 0 aliphatic heterocycles. The first-order valence-electron chi connectivity index (χ1n) is 2.32. The molecule has 1 atom stereocenters. The van der Waals surface area contributed by atoms with Gasteiger partial charge in [-0.2, -0.15) is 0 Å². The fraction of sp³-hybridized carbons (Fsp3) is 0.750. The molecule has 1 amide bonds. The van der Waals surface area contributed by atoms with Crippen LogP contribution in [0.1, 0.15) is 6.42 Å². The molecule has 0 aliphatic carbocycles. The summed E-state index contributed by atoms with van der Waals surface area (Å²) in [5.74, 6) is -0.503. The summed E-state index contributed by atoms with van der Waals surface area (Å²) in [4.78, 5) is 10.1. The monoisotopic (exact) mass is 172 g/mol. The van der Waals surface area contributed by atoms with Crippen LogP contribution in [0.15, 0.2) is 0 Å². The van der Waals surface area contributed by atoms with Gasteiger partial charge in [0, 0.05) is 0 Å². The van der Waals surface area contributed by atoms with Gasteiger partial charge in [0.2, 0.25) is 5.91 Å². The Morgan fingerprint density at radius 3 is 2.22 bits per heavy atom. The molecule has 0 bridgehead atoms. The molecule has 0 radical (unpaired) electrons. The first-order chi connectivity index (χ1) is 3.68. The number of halogens is 2. The highest BCUT2D eigenvalue weighted by Gasteiger charge is 2.07. The van der Waals surface area contributed by atoms with Crippen LogP contribution in [0.25, 0.3) is 0 Å². The minimum Gasteiger partial charge on any atom is -0.368 e. The van der Waals surface area contributed by atoms with Crippen LogP contribution in [0.5, 0.6) is 0 Å². The Morgan fingerprint density at radius 1 is 1.67 bits per heavy atom. The number of primary amides is 1. The van der Waals surface area contributed by atoms with Crippen molar-refractivity contribution in [3.05, 3.63) is 0 Å². The summed E-state index contributed by atoms with van der Waals surface area (Å²) in [6.45, 7) is 0.400.